The molecule has 0 fully saturated rings. The third kappa shape index (κ3) is 2.37. The first-order valence-electron chi connectivity index (χ1n) is 5.95. The summed E-state index contributed by atoms with van der Waals surface area (Å²) < 4.78 is 0. The molecule has 1 N–H and O–H groups in total. The van der Waals surface area contributed by atoms with Gasteiger partial charge in [0, 0.05) is 5.02 Å². The van der Waals surface area contributed by atoms with Gasteiger partial charge in [-0.15, -0.1) is 0 Å². The largest absolute Gasteiger partial charge is 0.346 e. The Morgan fingerprint density at radius 3 is 2.68 bits per heavy atom. The molecule has 1 amide bonds. The van der Waals surface area contributed by atoms with Crippen LogP contribution < -0.4 is 5.32 Å². The average molecular weight is 271 g/mol. The number of carbonyl (C=O) groups excluding carboxylic acids is 1. The number of aliphatic imine (C=N–C) groups is 1. The van der Waals surface area contributed by atoms with Crippen LogP contribution in [0.25, 0.3) is 0 Å². The number of rotatable bonds is 1. The molecule has 1 aliphatic rings. The van der Waals surface area contributed by atoms with E-state index >= 15 is 0 Å². The molecule has 94 valence electrons. The summed E-state index contributed by atoms with van der Waals surface area (Å²) in [5, 5.41) is 3.43. The van der Waals surface area contributed by atoms with Gasteiger partial charge in [0.1, 0.15) is 0 Å². The van der Waals surface area contributed by atoms with Crippen LogP contribution >= 0.6 is 11.6 Å². The first-order chi connectivity index (χ1) is 9.24. The van der Waals surface area contributed by atoms with Crippen molar-refractivity contribution < 1.29 is 4.79 Å². The Bertz CT molecular complexity index is 665. The Kier molecular flexibility index (Phi) is 3.05. The van der Waals surface area contributed by atoms with Crippen molar-refractivity contribution in [1.82, 2.24) is 5.32 Å². The zero-order valence-corrected chi connectivity index (χ0v) is 10.8. The van der Waals surface area contributed by atoms with Crippen LogP contribution in [0.4, 0.5) is 5.69 Å². The molecule has 0 atom stereocenters. The van der Waals surface area contributed by atoms with Gasteiger partial charge in [0.25, 0.3) is 5.91 Å². The number of halogens is 1. The third-order valence-electron chi connectivity index (χ3n) is 2.98. The number of benzene rings is 2. The second kappa shape index (κ2) is 4.86. The molecule has 1 aliphatic heterocycles. The van der Waals surface area contributed by atoms with Crippen molar-refractivity contribution in [3.8, 4) is 0 Å². The first kappa shape index (κ1) is 11.9. The van der Waals surface area contributed by atoms with Gasteiger partial charge in [0.2, 0.25) is 0 Å². The van der Waals surface area contributed by atoms with Crippen molar-refractivity contribution in [2.45, 2.75) is 0 Å². The first-order valence-corrected chi connectivity index (χ1v) is 6.32. The van der Waals surface area contributed by atoms with E-state index in [-0.39, 0.29) is 5.91 Å². The Balaban J connectivity index is 2.12. The molecule has 1 heterocycles. The van der Waals surface area contributed by atoms with E-state index in [1.54, 1.807) is 18.2 Å². The lowest BCUT2D eigenvalue weighted by Gasteiger charge is -2.04. The van der Waals surface area contributed by atoms with Crippen molar-refractivity contribution in [3.63, 3.8) is 0 Å². The SMILES string of the molecule is O=C1NCC(c2ccccc2)=Nc2cc(Cl)ccc21. The standard InChI is InChI=1S/C15H11ClN2O/c16-11-6-7-12-13(8-11)18-14(9-17-15(12)19)10-4-2-1-3-5-10/h1-8H,9H2,(H,17,19). The molecule has 3 rings (SSSR count). The number of carbonyl (C=O) groups is 1. The number of hydrogen-bond donors (Lipinski definition) is 1. The second-order valence-corrected chi connectivity index (χ2v) is 4.71. The van der Waals surface area contributed by atoms with E-state index in [4.69, 9.17) is 11.6 Å². The molecule has 3 nitrogen and oxygen atoms in total. The topological polar surface area (TPSA) is 41.5 Å². The summed E-state index contributed by atoms with van der Waals surface area (Å²) in [5.74, 6) is -0.124. The number of amides is 1. The number of fused-ring (bicyclic) bond motifs is 1. The predicted octanol–water partition coefficient (Wildman–Crippen LogP) is 3.20. The summed E-state index contributed by atoms with van der Waals surface area (Å²) in [6.45, 7) is 0.412. The molecule has 0 saturated heterocycles. The number of nitrogens with zero attached hydrogens (tertiary/aromatic N) is 1. The number of hydrogen-bond acceptors (Lipinski definition) is 2. The quantitative estimate of drug-likeness (QED) is 0.849. The molecule has 0 spiro atoms. The van der Waals surface area contributed by atoms with Crippen LogP contribution in [0.1, 0.15) is 15.9 Å². The van der Waals surface area contributed by atoms with Crippen LogP contribution in [0.15, 0.2) is 53.5 Å². The highest BCUT2D eigenvalue weighted by Gasteiger charge is 2.17. The summed E-state index contributed by atoms with van der Waals surface area (Å²) in [6.07, 6.45) is 0. The maximum atomic E-state index is 12.0. The number of nitrogens with one attached hydrogen (secondary N) is 1. The summed E-state index contributed by atoms with van der Waals surface area (Å²) in [6, 6.07) is 14.9. The van der Waals surface area contributed by atoms with E-state index in [9.17, 15) is 4.79 Å². The Morgan fingerprint density at radius 1 is 1.11 bits per heavy atom. The maximum Gasteiger partial charge on any atom is 0.253 e. The highest BCUT2D eigenvalue weighted by Crippen LogP contribution is 2.26. The Hall–Kier alpha value is -2.13. The van der Waals surface area contributed by atoms with Gasteiger partial charge in [-0.1, -0.05) is 41.9 Å². The van der Waals surface area contributed by atoms with Crippen LogP contribution in [0.3, 0.4) is 0 Å². The van der Waals surface area contributed by atoms with Gasteiger partial charge in [-0.25, -0.2) is 0 Å². The molecule has 0 aromatic heterocycles. The summed E-state index contributed by atoms with van der Waals surface area (Å²) >= 11 is 5.97. The molecular formula is C15H11ClN2O. The summed E-state index contributed by atoms with van der Waals surface area (Å²) in [7, 11) is 0. The highest BCUT2D eigenvalue weighted by atomic mass is 35.5. The van der Waals surface area contributed by atoms with Crippen molar-refractivity contribution >= 4 is 28.9 Å². The van der Waals surface area contributed by atoms with Crippen molar-refractivity contribution in [2.24, 2.45) is 4.99 Å². The highest BCUT2D eigenvalue weighted by molar-refractivity contribution is 6.31. The lowest BCUT2D eigenvalue weighted by Crippen LogP contribution is -2.27. The minimum atomic E-state index is -0.124. The van der Waals surface area contributed by atoms with E-state index in [0.29, 0.717) is 22.8 Å². The fourth-order valence-corrected chi connectivity index (χ4v) is 2.20. The van der Waals surface area contributed by atoms with Crippen LogP contribution in [0.5, 0.6) is 0 Å². The minimum absolute atomic E-state index is 0.124. The molecule has 0 aliphatic carbocycles. The smallest absolute Gasteiger partial charge is 0.253 e. The fourth-order valence-electron chi connectivity index (χ4n) is 2.03. The third-order valence-corrected chi connectivity index (χ3v) is 3.22. The van der Waals surface area contributed by atoms with Crippen molar-refractivity contribution in [3.05, 3.63) is 64.7 Å². The van der Waals surface area contributed by atoms with Crippen LogP contribution in [0, 0.1) is 0 Å². The van der Waals surface area contributed by atoms with E-state index in [2.05, 4.69) is 10.3 Å². The van der Waals surface area contributed by atoms with Crippen LogP contribution in [-0.2, 0) is 0 Å². The maximum absolute atomic E-state index is 12.0. The normalized spacial score (nSPS) is 14.2. The lowest BCUT2D eigenvalue weighted by molar-refractivity contribution is 0.0961. The van der Waals surface area contributed by atoms with Crippen molar-refractivity contribution in [1.29, 1.82) is 0 Å². The molecule has 2 aromatic rings. The fraction of sp³-hybridized carbons (Fsp3) is 0.0667. The molecule has 0 bridgehead atoms. The monoisotopic (exact) mass is 270 g/mol. The molecule has 0 radical (unpaired) electrons. The summed E-state index contributed by atoms with van der Waals surface area (Å²) in [5.41, 5.74) is 2.99. The average Bonchev–Trinajstić information content (AvgIpc) is 2.59. The van der Waals surface area contributed by atoms with E-state index in [1.807, 2.05) is 30.3 Å². The molecule has 0 saturated carbocycles. The van der Waals surface area contributed by atoms with E-state index in [1.165, 1.54) is 0 Å². The minimum Gasteiger partial charge on any atom is -0.346 e. The van der Waals surface area contributed by atoms with E-state index < -0.39 is 0 Å². The van der Waals surface area contributed by atoms with Gasteiger partial charge in [-0.3, -0.25) is 9.79 Å². The molecule has 19 heavy (non-hydrogen) atoms. The molecule has 0 unspecified atom stereocenters. The Labute approximate surface area is 115 Å². The van der Waals surface area contributed by atoms with Crippen LogP contribution in [-0.4, -0.2) is 18.2 Å². The Morgan fingerprint density at radius 2 is 1.89 bits per heavy atom. The van der Waals surface area contributed by atoms with Gasteiger partial charge < -0.3 is 5.32 Å². The predicted molar refractivity (Wildman–Crippen MR) is 76.4 cm³/mol. The zero-order chi connectivity index (χ0) is 13.2. The van der Waals surface area contributed by atoms with E-state index in [0.717, 1.165) is 11.3 Å². The van der Waals surface area contributed by atoms with Gasteiger partial charge in [-0.2, -0.15) is 0 Å². The zero-order valence-electron chi connectivity index (χ0n) is 10.1. The van der Waals surface area contributed by atoms with Gasteiger partial charge >= 0.3 is 0 Å². The second-order valence-electron chi connectivity index (χ2n) is 4.27. The van der Waals surface area contributed by atoms with Crippen molar-refractivity contribution in [2.75, 3.05) is 6.54 Å². The molecular weight excluding hydrogens is 260 g/mol. The lowest BCUT2D eigenvalue weighted by atomic mass is 10.1. The van der Waals surface area contributed by atoms with Gasteiger partial charge in [-0.05, 0) is 23.8 Å². The summed E-state index contributed by atoms with van der Waals surface area (Å²) in [4.78, 5) is 16.5. The van der Waals surface area contributed by atoms with Gasteiger partial charge in [0.05, 0.1) is 23.5 Å². The van der Waals surface area contributed by atoms with Crippen LogP contribution in [0.2, 0.25) is 5.02 Å². The molecule has 4 heteroatoms. The van der Waals surface area contributed by atoms with Gasteiger partial charge in [0.15, 0.2) is 0 Å². The molecule has 2 aromatic carbocycles.